The molecule has 1 amide bonds. The van der Waals surface area contributed by atoms with Gasteiger partial charge in [0.25, 0.3) is 5.91 Å². The minimum absolute atomic E-state index is 0.00106. The number of likely N-dealkylation sites (tertiary alicyclic amines) is 1. The summed E-state index contributed by atoms with van der Waals surface area (Å²) in [6, 6.07) is 6.75. The Balaban J connectivity index is 1.65. The third-order valence-corrected chi connectivity index (χ3v) is 6.62. The summed E-state index contributed by atoms with van der Waals surface area (Å²) in [7, 11) is 0. The molecular formula is C24H24F7N3O. The summed E-state index contributed by atoms with van der Waals surface area (Å²) >= 11 is 0. The van der Waals surface area contributed by atoms with Crippen LogP contribution in [-0.4, -0.2) is 61.0 Å². The van der Waals surface area contributed by atoms with Gasteiger partial charge in [-0.15, -0.1) is 0 Å². The van der Waals surface area contributed by atoms with Crippen LogP contribution in [0, 0.1) is 5.82 Å². The summed E-state index contributed by atoms with van der Waals surface area (Å²) in [5, 5.41) is 3.26. The molecule has 2 aliphatic heterocycles. The highest BCUT2D eigenvalue weighted by Crippen LogP contribution is 2.37. The molecule has 2 heterocycles. The minimum Gasteiger partial charge on any atom is -0.338 e. The van der Waals surface area contributed by atoms with Gasteiger partial charge in [-0.1, -0.05) is 12.1 Å². The zero-order valence-electron chi connectivity index (χ0n) is 18.6. The van der Waals surface area contributed by atoms with E-state index in [1.165, 1.54) is 17.0 Å². The first kappa shape index (κ1) is 25.4. The number of rotatable bonds is 3. The zero-order valence-corrected chi connectivity index (χ0v) is 18.6. The molecule has 1 N–H and O–H groups in total. The second kappa shape index (κ2) is 9.77. The van der Waals surface area contributed by atoms with Crippen LogP contribution in [0.1, 0.15) is 39.4 Å². The SMILES string of the molecule is O=C(c1cc(C(F)(F)F)cc(C(F)(F)F)c1)N1CC[C@@H](N2CCNCC2)[C@@H](c2ccc(F)cc2)C1. The van der Waals surface area contributed by atoms with Gasteiger partial charge in [0.2, 0.25) is 0 Å². The van der Waals surface area contributed by atoms with E-state index < -0.39 is 40.8 Å². The van der Waals surface area contributed by atoms with E-state index in [1.54, 1.807) is 12.1 Å². The van der Waals surface area contributed by atoms with E-state index in [0.717, 1.165) is 31.7 Å². The number of carbonyl (C=O) groups is 1. The molecule has 0 saturated carbocycles. The maximum Gasteiger partial charge on any atom is 0.416 e. The lowest BCUT2D eigenvalue weighted by Crippen LogP contribution is -2.55. The van der Waals surface area contributed by atoms with Crippen molar-refractivity contribution in [2.45, 2.75) is 30.7 Å². The molecule has 0 unspecified atom stereocenters. The highest BCUT2D eigenvalue weighted by atomic mass is 19.4. The summed E-state index contributed by atoms with van der Waals surface area (Å²) in [6.45, 7) is 3.36. The van der Waals surface area contributed by atoms with Crippen LogP contribution in [0.3, 0.4) is 0 Å². The first-order chi connectivity index (χ1) is 16.4. The number of piperidine rings is 1. The Bertz CT molecular complexity index is 1010. The lowest BCUT2D eigenvalue weighted by Gasteiger charge is -2.45. The zero-order chi connectivity index (χ0) is 25.4. The van der Waals surface area contributed by atoms with Crippen molar-refractivity contribution in [3.8, 4) is 0 Å². The van der Waals surface area contributed by atoms with Gasteiger partial charge >= 0.3 is 12.4 Å². The molecule has 0 spiro atoms. The van der Waals surface area contributed by atoms with Gasteiger partial charge in [-0.05, 0) is 42.3 Å². The van der Waals surface area contributed by atoms with E-state index in [-0.39, 0.29) is 31.1 Å². The van der Waals surface area contributed by atoms with Crippen LogP contribution >= 0.6 is 0 Å². The molecular weight excluding hydrogens is 479 g/mol. The standard InChI is InChI=1S/C24H24F7N3O/c25-19-3-1-15(2-4-19)20-14-34(8-5-21(20)33-9-6-32-7-10-33)22(35)16-11-17(23(26,27)28)13-18(12-16)24(29,30)31/h1-4,11-13,20-21,32H,5-10,14H2/t20-,21-/m1/s1. The Morgan fingerprint density at radius 1 is 0.857 bits per heavy atom. The number of halogens is 7. The van der Waals surface area contributed by atoms with Gasteiger partial charge in [-0.3, -0.25) is 9.69 Å². The molecule has 2 aromatic rings. The maximum atomic E-state index is 13.5. The van der Waals surface area contributed by atoms with Crippen molar-refractivity contribution in [2.75, 3.05) is 39.3 Å². The predicted octanol–water partition coefficient (Wildman–Crippen LogP) is 4.77. The van der Waals surface area contributed by atoms with E-state index in [0.29, 0.717) is 18.6 Å². The number of hydrogen-bond donors (Lipinski definition) is 1. The van der Waals surface area contributed by atoms with Gasteiger partial charge < -0.3 is 10.2 Å². The molecule has 2 aromatic carbocycles. The number of amides is 1. The number of nitrogens with one attached hydrogen (secondary N) is 1. The van der Waals surface area contributed by atoms with E-state index in [2.05, 4.69) is 10.2 Å². The molecule has 0 aromatic heterocycles. The summed E-state index contributed by atoms with van der Waals surface area (Å²) in [5.74, 6) is -1.60. The van der Waals surface area contributed by atoms with Crippen molar-refractivity contribution in [3.63, 3.8) is 0 Å². The number of piperazine rings is 1. The number of carbonyl (C=O) groups excluding carboxylic acids is 1. The molecule has 4 rings (SSSR count). The molecule has 0 aliphatic carbocycles. The highest BCUT2D eigenvalue weighted by molar-refractivity contribution is 5.95. The van der Waals surface area contributed by atoms with Crippen LogP contribution in [0.25, 0.3) is 0 Å². The normalized spacial score (nSPS) is 22.3. The van der Waals surface area contributed by atoms with Crippen molar-refractivity contribution in [1.29, 1.82) is 0 Å². The molecule has 0 radical (unpaired) electrons. The third-order valence-electron chi connectivity index (χ3n) is 6.62. The summed E-state index contributed by atoms with van der Waals surface area (Å²) in [6.07, 6.45) is -9.59. The van der Waals surface area contributed by atoms with Crippen molar-refractivity contribution in [3.05, 3.63) is 70.5 Å². The van der Waals surface area contributed by atoms with Gasteiger partial charge in [-0.2, -0.15) is 26.3 Å². The van der Waals surface area contributed by atoms with Crippen molar-refractivity contribution < 1.29 is 35.5 Å². The summed E-state index contributed by atoms with van der Waals surface area (Å²) in [4.78, 5) is 16.7. The maximum absolute atomic E-state index is 13.5. The molecule has 35 heavy (non-hydrogen) atoms. The topological polar surface area (TPSA) is 35.6 Å². The Hall–Kier alpha value is -2.66. The Morgan fingerprint density at radius 2 is 1.43 bits per heavy atom. The third kappa shape index (κ3) is 5.78. The van der Waals surface area contributed by atoms with E-state index in [4.69, 9.17) is 0 Å². The molecule has 11 heteroatoms. The second-order valence-electron chi connectivity index (χ2n) is 8.85. The van der Waals surface area contributed by atoms with Gasteiger partial charge in [0.1, 0.15) is 5.82 Å². The van der Waals surface area contributed by atoms with Crippen molar-refractivity contribution in [1.82, 2.24) is 15.1 Å². The number of hydrogen-bond acceptors (Lipinski definition) is 3. The quantitative estimate of drug-likeness (QED) is 0.614. The van der Waals surface area contributed by atoms with Gasteiger partial charge in [0, 0.05) is 56.8 Å². The van der Waals surface area contributed by atoms with Crippen LogP contribution in [-0.2, 0) is 12.4 Å². The first-order valence-electron chi connectivity index (χ1n) is 11.2. The van der Waals surface area contributed by atoms with E-state index in [1.807, 2.05) is 0 Å². The molecule has 2 saturated heterocycles. The molecule has 190 valence electrons. The van der Waals surface area contributed by atoms with Crippen LogP contribution in [0.4, 0.5) is 30.7 Å². The van der Waals surface area contributed by atoms with Gasteiger partial charge in [0.05, 0.1) is 11.1 Å². The summed E-state index contributed by atoms with van der Waals surface area (Å²) in [5.41, 5.74) is -2.96. The van der Waals surface area contributed by atoms with Gasteiger partial charge in [0.15, 0.2) is 0 Å². The average molecular weight is 503 g/mol. The first-order valence-corrected chi connectivity index (χ1v) is 11.2. The molecule has 2 aliphatic rings. The average Bonchev–Trinajstić information content (AvgIpc) is 2.83. The number of alkyl halides is 6. The highest BCUT2D eigenvalue weighted by Gasteiger charge is 2.40. The van der Waals surface area contributed by atoms with Crippen molar-refractivity contribution >= 4 is 5.91 Å². The van der Waals surface area contributed by atoms with Crippen LogP contribution in [0.2, 0.25) is 0 Å². The molecule has 2 fully saturated rings. The Labute approximate surface area is 197 Å². The lowest BCUT2D eigenvalue weighted by molar-refractivity contribution is -0.143. The number of nitrogens with zero attached hydrogens (tertiary/aromatic N) is 2. The van der Waals surface area contributed by atoms with Crippen LogP contribution < -0.4 is 5.32 Å². The minimum atomic E-state index is -5.04. The Kier molecular flexibility index (Phi) is 7.10. The monoisotopic (exact) mass is 503 g/mol. The van der Waals surface area contributed by atoms with Crippen LogP contribution in [0.15, 0.2) is 42.5 Å². The summed E-state index contributed by atoms with van der Waals surface area (Å²) < 4.78 is 93.2. The largest absolute Gasteiger partial charge is 0.416 e. The molecule has 4 nitrogen and oxygen atoms in total. The smallest absolute Gasteiger partial charge is 0.338 e. The van der Waals surface area contributed by atoms with Crippen LogP contribution in [0.5, 0.6) is 0 Å². The fourth-order valence-electron chi connectivity index (χ4n) is 4.87. The second-order valence-corrected chi connectivity index (χ2v) is 8.85. The predicted molar refractivity (Wildman–Crippen MR) is 114 cm³/mol. The molecule has 2 atom stereocenters. The van der Waals surface area contributed by atoms with E-state index >= 15 is 0 Å². The van der Waals surface area contributed by atoms with E-state index in [9.17, 15) is 35.5 Å². The Morgan fingerprint density at radius 3 is 1.97 bits per heavy atom. The van der Waals surface area contributed by atoms with Crippen molar-refractivity contribution in [2.24, 2.45) is 0 Å². The number of benzene rings is 2. The fraction of sp³-hybridized carbons (Fsp3) is 0.458. The lowest BCUT2D eigenvalue weighted by atomic mass is 9.84. The molecule has 0 bridgehead atoms. The fourth-order valence-corrected chi connectivity index (χ4v) is 4.87. The van der Waals surface area contributed by atoms with Gasteiger partial charge in [-0.25, -0.2) is 4.39 Å².